The van der Waals surface area contributed by atoms with Gasteiger partial charge in [-0.05, 0) is 46.3 Å². The highest BCUT2D eigenvalue weighted by Gasteiger charge is 2.16. The summed E-state index contributed by atoms with van der Waals surface area (Å²) < 4.78 is 0.934. The maximum Gasteiger partial charge on any atom is 0.106 e. The largest absolute Gasteiger partial charge is 0.249 e. The SMILES string of the molecule is Brc1ccc(C2CCCC2)cn1. The highest BCUT2D eigenvalue weighted by Crippen LogP contribution is 2.33. The molecule has 0 atom stereocenters. The number of nitrogens with zero attached hydrogens (tertiary/aromatic N) is 1. The first-order valence-corrected chi connectivity index (χ1v) is 5.27. The van der Waals surface area contributed by atoms with E-state index in [4.69, 9.17) is 0 Å². The number of hydrogen-bond donors (Lipinski definition) is 0. The van der Waals surface area contributed by atoms with Crippen molar-refractivity contribution in [3.8, 4) is 0 Å². The summed E-state index contributed by atoms with van der Waals surface area (Å²) in [6.45, 7) is 0. The molecule has 0 spiro atoms. The minimum atomic E-state index is 0.783. The van der Waals surface area contributed by atoms with Gasteiger partial charge in [0, 0.05) is 6.20 Å². The van der Waals surface area contributed by atoms with Gasteiger partial charge in [-0.3, -0.25) is 0 Å². The number of pyridine rings is 1. The van der Waals surface area contributed by atoms with Crippen LogP contribution >= 0.6 is 15.9 Å². The van der Waals surface area contributed by atoms with E-state index in [0.717, 1.165) is 10.5 Å². The quantitative estimate of drug-likeness (QED) is 0.668. The second-order valence-electron chi connectivity index (χ2n) is 3.40. The Bertz CT molecular complexity index is 249. The van der Waals surface area contributed by atoms with E-state index < -0.39 is 0 Å². The molecule has 0 aliphatic heterocycles. The summed E-state index contributed by atoms with van der Waals surface area (Å²) in [4.78, 5) is 4.24. The Hall–Kier alpha value is -0.370. The fraction of sp³-hybridized carbons (Fsp3) is 0.500. The molecule has 1 aromatic heterocycles. The van der Waals surface area contributed by atoms with Crippen molar-refractivity contribution >= 4 is 15.9 Å². The second-order valence-corrected chi connectivity index (χ2v) is 4.21. The average Bonchev–Trinajstić information content (AvgIpc) is 2.58. The summed E-state index contributed by atoms with van der Waals surface area (Å²) in [7, 11) is 0. The number of hydrogen-bond acceptors (Lipinski definition) is 1. The third kappa shape index (κ3) is 1.69. The lowest BCUT2D eigenvalue weighted by Crippen LogP contribution is -1.92. The van der Waals surface area contributed by atoms with Crippen molar-refractivity contribution in [2.24, 2.45) is 0 Å². The van der Waals surface area contributed by atoms with Gasteiger partial charge in [0.2, 0.25) is 0 Å². The summed E-state index contributed by atoms with van der Waals surface area (Å²) in [6.07, 6.45) is 7.48. The lowest BCUT2D eigenvalue weighted by atomic mass is 10.00. The molecule has 2 rings (SSSR count). The van der Waals surface area contributed by atoms with Gasteiger partial charge in [0.15, 0.2) is 0 Å². The lowest BCUT2D eigenvalue weighted by molar-refractivity contribution is 0.719. The first kappa shape index (κ1) is 8.24. The summed E-state index contributed by atoms with van der Waals surface area (Å²) in [5, 5.41) is 0. The Kier molecular flexibility index (Phi) is 2.45. The monoisotopic (exact) mass is 225 g/mol. The molecular formula is C10H12BrN. The molecule has 0 unspecified atom stereocenters. The molecule has 1 fully saturated rings. The van der Waals surface area contributed by atoms with Crippen LogP contribution in [0.3, 0.4) is 0 Å². The van der Waals surface area contributed by atoms with E-state index in [1.54, 1.807) is 0 Å². The smallest absolute Gasteiger partial charge is 0.106 e. The van der Waals surface area contributed by atoms with Gasteiger partial charge in [0.1, 0.15) is 4.60 Å². The maximum absolute atomic E-state index is 4.24. The molecule has 1 saturated carbocycles. The van der Waals surface area contributed by atoms with E-state index in [2.05, 4.69) is 27.0 Å². The summed E-state index contributed by atoms with van der Waals surface area (Å²) >= 11 is 3.34. The van der Waals surface area contributed by atoms with Crippen molar-refractivity contribution in [2.75, 3.05) is 0 Å². The molecule has 0 aromatic carbocycles. The molecule has 0 saturated heterocycles. The van der Waals surface area contributed by atoms with E-state index in [1.165, 1.54) is 31.2 Å². The van der Waals surface area contributed by atoms with Gasteiger partial charge >= 0.3 is 0 Å². The molecule has 0 N–H and O–H groups in total. The zero-order chi connectivity index (χ0) is 8.39. The molecule has 2 heteroatoms. The maximum atomic E-state index is 4.24. The predicted octanol–water partition coefficient (Wildman–Crippen LogP) is 3.50. The van der Waals surface area contributed by atoms with Crippen molar-refractivity contribution in [1.82, 2.24) is 4.98 Å². The van der Waals surface area contributed by atoms with Crippen LogP contribution in [0.2, 0.25) is 0 Å². The molecule has 0 amide bonds. The van der Waals surface area contributed by atoms with Crippen molar-refractivity contribution < 1.29 is 0 Å². The summed E-state index contributed by atoms with van der Waals surface area (Å²) in [5.74, 6) is 0.783. The van der Waals surface area contributed by atoms with Crippen LogP contribution in [0.25, 0.3) is 0 Å². The average molecular weight is 226 g/mol. The Labute approximate surface area is 81.3 Å². The molecule has 1 heterocycles. The van der Waals surface area contributed by atoms with Crippen LogP contribution in [0.1, 0.15) is 37.2 Å². The zero-order valence-electron chi connectivity index (χ0n) is 6.96. The molecule has 0 bridgehead atoms. The normalized spacial score (nSPS) is 18.4. The Morgan fingerprint density at radius 3 is 2.58 bits per heavy atom. The number of rotatable bonds is 1. The fourth-order valence-electron chi connectivity index (χ4n) is 1.89. The fourth-order valence-corrected chi connectivity index (χ4v) is 2.12. The molecule has 1 aliphatic rings. The summed E-state index contributed by atoms with van der Waals surface area (Å²) in [6, 6.07) is 4.22. The van der Waals surface area contributed by atoms with Gasteiger partial charge < -0.3 is 0 Å². The van der Waals surface area contributed by atoms with E-state index >= 15 is 0 Å². The van der Waals surface area contributed by atoms with Crippen LogP contribution in [-0.2, 0) is 0 Å². The van der Waals surface area contributed by atoms with Crippen molar-refractivity contribution in [1.29, 1.82) is 0 Å². The van der Waals surface area contributed by atoms with Crippen molar-refractivity contribution in [3.63, 3.8) is 0 Å². The lowest BCUT2D eigenvalue weighted by Gasteiger charge is -2.07. The molecular weight excluding hydrogens is 214 g/mol. The molecule has 64 valence electrons. The first-order chi connectivity index (χ1) is 5.86. The van der Waals surface area contributed by atoms with Gasteiger partial charge in [0.25, 0.3) is 0 Å². The van der Waals surface area contributed by atoms with Crippen LogP contribution in [0.15, 0.2) is 22.9 Å². The standard InChI is InChI=1S/C10H12BrN/c11-10-6-5-9(7-12-10)8-3-1-2-4-8/h5-8H,1-4H2. The molecule has 12 heavy (non-hydrogen) atoms. The topological polar surface area (TPSA) is 12.9 Å². The van der Waals surface area contributed by atoms with E-state index in [0.29, 0.717) is 0 Å². The number of aromatic nitrogens is 1. The highest BCUT2D eigenvalue weighted by molar-refractivity contribution is 9.10. The van der Waals surface area contributed by atoms with E-state index in [1.807, 2.05) is 12.3 Å². The number of halogens is 1. The Morgan fingerprint density at radius 2 is 2.00 bits per heavy atom. The van der Waals surface area contributed by atoms with Gasteiger partial charge in [-0.15, -0.1) is 0 Å². The van der Waals surface area contributed by atoms with Gasteiger partial charge in [-0.1, -0.05) is 18.9 Å². The van der Waals surface area contributed by atoms with Gasteiger partial charge in [-0.2, -0.15) is 0 Å². The minimum absolute atomic E-state index is 0.783. The first-order valence-electron chi connectivity index (χ1n) is 4.48. The predicted molar refractivity (Wildman–Crippen MR) is 53.1 cm³/mol. The third-order valence-electron chi connectivity index (χ3n) is 2.58. The molecule has 1 aliphatic carbocycles. The van der Waals surface area contributed by atoms with Crippen molar-refractivity contribution in [3.05, 3.63) is 28.5 Å². The highest BCUT2D eigenvalue weighted by atomic mass is 79.9. The van der Waals surface area contributed by atoms with Crippen molar-refractivity contribution in [2.45, 2.75) is 31.6 Å². The van der Waals surface area contributed by atoms with Crippen LogP contribution < -0.4 is 0 Å². The van der Waals surface area contributed by atoms with Crippen LogP contribution in [0.4, 0.5) is 0 Å². The van der Waals surface area contributed by atoms with Crippen LogP contribution in [-0.4, -0.2) is 4.98 Å². The Morgan fingerprint density at radius 1 is 1.25 bits per heavy atom. The van der Waals surface area contributed by atoms with Crippen LogP contribution in [0.5, 0.6) is 0 Å². The van der Waals surface area contributed by atoms with Gasteiger partial charge in [0.05, 0.1) is 0 Å². The molecule has 1 nitrogen and oxygen atoms in total. The summed E-state index contributed by atoms with van der Waals surface area (Å²) in [5.41, 5.74) is 1.41. The van der Waals surface area contributed by atoms with Gasteiger partial charge in [-0.25, -0.2) is 4.98 Å². The van der Waals surface area contributed by atoms with E-state index in [9.17, 15) is 0 Å². The second kappa shape index (κ2) is 3.56. The molecule has 0 radical (unpaired) electrons. The molecule has 1 aromatic rings. The minimum Gasteiger partial charge on any atom is -0.249 e. The zero-order valence-corrected chi connectivity index (χ0v) is 8.55. The van der Waals surface area contributed by atoms with E-state index in [-0.39, 0.29) is 0 Å². The Balaban J connectivity index is 2.17. The van der Waals surface area contributed by atoms with Crippen LogP contribution in [0, 0.1) is 0 Å². The third-order valence-corrected chi connectivity index (χ3v) is 3.05.